The van der Waals surface area contributed by atoms with E-state index in [4.69, 9.17) is 4.74 Å². The number of fused-ring (bicyclic) bond motifs is 7. The standard InChI is InChI=1S/C32H52O2/c1-21(33)34-26-13-11-23-22(28(26,4)5)10-12-24-30(23,7)17-19-32(9)25-20-27(2,3)14-15-29(25,6)16-18-31(24,32)8/h10,23-26H,11-20H2,1-9H3. The van der Waals surface area contributed by atoms with Crippen molar-refractivity contribution in [1.82, 2.24) is 0 Å². The van der Waals surface area contributed by atoms with Crippen LogP contribution in [0.5, 0.6) is 0 Å². The van der Waals surface area contributed by atoms with Gasteiger partial charge in [0.25, 0.3) is 0 Å². The Morgan fingerprint density at radius 1 is 0.824 bits per heavy atom. The van der Waals surface area contributed by atoms with Gasteiger partial charge in [-0.15, -0.1) is 0 Å². The fourth-order valence-corrected chi connectivity index (χ4v) is 10.8. The number of carbonyl (C=O) groups is 1. The number of rotatable bonds is 1. The molecule has 0 spiro atoms. The molecule has 0 aliphatic heterocycles. The van der Waals surface area contributed by atoms with Crippen molar-refractivity contribution in [2.24, 2.45) is 50.2 Å². The van der Waals surface area contributed by atoms with Crippen LogP contribution in [0.3, 0.4) is 0 Å². The molecule has 0 radical (unpaired) electrons. The van der Waals surface area contributed by atoms with Crippen molar-refractivity contribution >= 4 is 5.97 Å². The third-order valence-corrected chi connectivity index (χ3v) is 13.3. The van der Waals surface area contributed by atoms with Crippen LogP contribution in [-0.2, 0) is 9.53 Å². The Morgan fingerprint density at radius 3 is 2.12 bits per heavy atom. The summed E-state index contributed by atoms with van der Waals surface area (Å²) >= 11 is 0. The van der Waals surface area contributed by atoms with Gasteiger partial charge in [-0.2, -0.15) is 0 Å². The summed E-state index contributed by atoms with van der Waals surface area (Å²) in [5.74, 6) is 2.14. The lowest BCUT2D eigenvalue weighted by Gasteiger charge is -2.73. The molecule has 8 atom stereocenters. The summed E-state index contributed by atoms with van der Waals surface area (Å²) in [7, 11) is 0. The van der Waals surface area contributed by atoms with Crippen LogP contribution in [0, 0.1) is 50.2 Å². The van der Waals surface area contributed by atoms with E-state index in [9.17, 15) is 4.79 Å². The minimum Gasteiger partial charge on any atom is -0.462 e. The molecule has 0 heterocycles. The zero-order chi connectivity index (χ0) is 24.9. The minimum absolute atomic E-state index is 0.0250. The number of ether oxygens (including phenoxy) is 1. The summed E-state index contributed by atoms with van der Waals surface area (Å²) in [5, 5.41) is 0. The highest BCUT2D eigenvalue weighted by molar-refractivity contribution is 5.66. The fraction of sp³-hybridized carbons (Fsp3) is 0.906. The van der Waals surface area contributed by atoms with Crippen LogP contribution < -0.4 is 0 Å². The molecular weight excluding hydrogens is 416 g/mol. The Morgan fingerprint density at radius 2 is 1.44 bits per heavy atom. The molecule has 0 aromatic rings. The van der Waals surface area contributed by atoms with Crippen LogP contribution >= 0.6 is 0 Å². The maximum Gasteiger partial charge on any atom is 0.302 e. The van der Waals surface area contributed by atoms with Crippen molar-refractivity contribution < 1.29 is 9.53 Å². The van der Waals surface area contributed by atoms with Gasteiger partial charge in [-0.3, -0.25) is 4.79 Å². The first-order valence-electron chi connectivity index (χ1n) is 14.5. The van der Waals surface area contributed by atoms with Crippen LogP contribution in [0.1, 0.15) is 127 Å². The molecule has 5 aliphatic carbocycles. The number of esters is 1. The Kier molecular flexibility index (Phi) is 5.40. The predicted octanol–water partition coefficient (Wildman–Crippen LogP) is 8.74. The van der Waals surface area contributed by atoms with E-state index in [0.717, 1.165) is 18.3 Å². The lowest BCUT2D eigenvalue weighted by Crippen LogP contribution is -2.65. The summed E-state index contributed by atoms with van der Waals surface area (Å²) in [4.78, 5) is 11.8. The second kappa shape index (κ2) is 7.38. The van der Waals surface area contributed by atoms with Crippen LogP contribution in [0.25, 0.3) is 0 Å². The first-order chi connectivity index (χ1) is 15.6. The smallest absolute Gasteiger partial charge is 0.302 e. The number of allylic oxidation sites excluding steroid dienone is 1. The first-order valence-corrected chi connectivity index (χ1v) is 14.5. The highest BCUT2D eigenvalue weighted by Crippen LogP contribution is 2.77. The van der Waals surface area contributed by atoms with Gasteiger partial charge in [0, 0.05) is 12.3 Å². The largest absolute Gasteiger partial charge is 0.462 e. The summed E-state index contributed by atoms with van der Waals surface area (Å²) in [6.07, 6.45) is 15.9. The highest BCUT2D eigenvalue weighted by Gasteiger charge is 2.69. The van der Waals surface area contributed by atoms with E-state index in [0.29, 0.717) is 33.0 Å². The molecule has 8 unspecified atom stereocenters. The topological polar surface area (TPSA) is 26.3 Å². The first kappa shape index (κ1) is 24.9. The molecule has 0 aromatic heterocycles. The zero-order valence-corrected chi connectivity index (χ0v) is 23.8. The van der Waals surface area contributed by atoms with E-state index >= 15 is 0 Å². The molecule has 5 aliphatic rings. The van der Waals surface area contributed by atoms with Crippen molar-refractivity contribution in [2.45, 2.75) is 133 Å². The van der Waals surface area contributed by atoms with E-state index in [-0.39, 0.29) is 17.5 Å². The monoisotopic (exact) mass is 468 g/mol. The zero-order valence-electron chi connectivity index (χ0n) is 23.8. The van der Waals surface area contributed by atoms with Gasteiger partial charge in [0.15, 0.2) is 0 Å². The number of carbonyl (C=O) groups excluding carboxylic acids is 1. The van der Waals surface area contributed by atoms with Crippen LogP contribution in [0.15, 0.2) is 11.6 Å². The average Bonchev–Trinajstić information content (AvgIpc) is 2.73. The van der Waals surface area contributed by atoms with Gasteiger partial charge in [-0.25, -0.2) is 0 Å². The molecule has 2 nitrogen and oxygen atoms in total. The predicted molar refractivity (Wildman–Crippen MR) is 140 cm³/mol. The highest BCUT2D eigenvalue weighted by atomic mass is 16.5. The third-order valence-electron chi connectivity index (χ3n) is 13.3. The quantitative estimate of drug-likeness (QED) is 0.284. The van der Waals surface area contributed by atoms with E-state index in [1.54, 1.807) is 12.5 Å². The number of hydrogen-bond donors (Lipinski definition) is 0. The molecule has 0 bridgehead atoms. The second-order valence-electron chi connectivity index (χ2n) is 15.8. The van der Waals surface area contributed by atoms with Crippen LogP contribution in [-0.4, -0.2) is 12.1 Å². The molecule has 0 N–H and O–H groups in total. The van der Waals surface area contributed by atoms with Gasteiger partial charge in [0.1, 0.15) is 6.10 Å². The summed E-state index contributed by atoms with van der Waals surface area (Å²) < 4.78 is 5.86. The molecule has 2 heteroatoms. The summed E-state index contributed by atoms with van der Waals surface area (Å²) in [6, 6.07) is 0. The van der Waals surface area contributed by atoms with Crippen LogP contribution in [0.4, 0.5) is 0 Å². The summed E-state index contributed by atoms with van der Waals surface area (Å²) in [6.45, 7) is 22.1. The van der Waals surface area contributed by atoms with E-state index in [2.05, 4.69) is 61.5 Å². The minimum atomic E-state index is -0.126. The lowest BCUT2D eigenvalue weighted by molar-refractivity contribution is -0.231. The van der Waals surface area contributed by atoms with Gasteiger partial charge in [-0.1, -0.05) is 67.0 Å². The number of hydrogen-bond acceptors (Lipinski definition) is 2. The van der Waals surface area contributed by atoms with Gasteiger partial charge in [-0.05, 0) is 109 Å². The molecule has 192 valence electrons. The molecular formula is C32H52O2. The van der Waals surface area contributed by atoms with Crippen molar-refractivity contribution in [3.63, 3.8) is 0 Å². The van der Waals surface area contributed by atoms with Crippen molar-refractivity contribution in [2.75, 3.05) is 0 Å². The Labute approximate surface area is 210 Å². The van der Waals surface area contributed by atoms with Crippen LogP contribution in [0.2, 0.25) is 0 Å². The van der Waals surface area contributed by atoms with E-state index in [1.807, 2.05) is 0 Å². The molecule has 4 fully saturated rings. The second-order valence-corrected chi connectivity index (χ2v) is 15.8. The molecule has 0 aromatic carbocycles. The summed E-state index contributed by atoms with van der Waals surface area (Å²) in [5.41, 5.74) is 3.81. The molecule has 34 heavy (non-hydrogen) atoms. The van der Waals surface area contributed by atoms with E-state index in [1.165, 1.54) is 57.8 Å². The molecule has 0 saturated heterocycles. The normalized spacial score (nSPS) is 51.1. The Balaban J connectivity index is 1.52. The molecule has 4 saturated carbocycles. The molecule has 0 amide bonds. The maximum absolute atomic E-state index is 11.8. The SMILES string of the molecule is CC(=O)OC1CCC2C(=CCC3C2(C)CCC2(C)C4CC(C)(C)CCC4(C)CCC32C)C1(C)C. The third kappa shape index (κ3) is 3.21. The van der Waals surface area contributed by atoms with Gasteiger partial charge in [0.05, 0.1) is 0 Å². The lowest BCUT2D eigenvalue weighted by atomic mass is 9.31. The van der Waals surface area contributed by atoms with E-state index < -0.39 is 0 Å². The Hall–Kier alpha value is -0.790. The van der Waals surface area contributed by atoms with Gasteiger partial charge in [0.2, 0.25) is 0 Å². The molecule has 5 rings (SSSR count). The fourth-order valence-electron chi connectivity index (χ4n) is 10.8. The van der Waals surface area contributed by atoms with Gasteiger partial charge < -0.3 is 4.74 Å². The van der Waals surface area contributed by atoms with Crippen molar-refractivity contribution in [3.8, 4) is 0 Å². The average molecular weight is 469 g/mol. The Bertz CT molecular complexity index is 897. The maximum atomic E-state index is 11.8. The van der Waals surface area contributed by atoms with Crippen molar-refractivity contribution in [1.29, 1.82) is 0 Å². The van der Waals surface area contributed by atoms with Gasteiger partial charge >= 0.3 is 5.97 Å². The van der Waals surface area contributed by atoms with Crippen molar-refractivity contribution in [3.05, 3.63) is 11.6 Å².